The summed E-state index contributed by atoms with van der Waals surface area (Å²) in [4.78, 5) is 31.8. The number of carbonyl (C=O) groups excluding carboxylic acids is 2. The molecule has 8 nitrogen and oxygen atoms in total. The van der Waals surface area contributed by atoms with Crippen LogP contribution < -0.4 is 5.32 Å². The van der Waals surface area contributed by atoms with Gasteiger partial charge >= 0.3 is 12.1 Å². The second-order valence-corrected chi connectivity index (χ2v) is 7.01. The molecule has 0 aliphatic rings. The molecule has 0 saturated carbocycles. The lowest BCUT2D eigenvalue weighted by Gasteiger charge is -2.14. The second-order valence-electron chi connectivity index (χ2n) is 7.01. The fraction of sp³-hybridized carbons (Fsp3) is 0.350. The number of anilines is 1. The molecule has 1 aromatic carbocycles. The van der Waals surface area contributed by atoms with Gasteiger partial charge < -0.3 is 10.1 Å². The Balaban J connectivity index is 1.65. The summed E-state index contributed by atoms with van der Waals surface area (Å²) in [6.45, 7) is 4.47. The van der Waals surface area contributed by atoms with Crippen LogP contribution in [0.1, 0.15) is 36.1 Å². The zero-order chi connectivity index (χ0) is 23.6. The van der Waals surface area contributed by atoms with Gasteiger partial charge in [0, 0.05) is 17.8 Å². The predicted octanol–water partition coefficient (Wildman–Crippen LogP) is 3.40. The number of benzene rings is 1. The summed E-state index contributed by atoms with van der Waals surface area (Å²) in [5, 5.41) is 5.78. The van der Waals surface area contributed by atoms with Crippen LogP contribution in [-0.4, -0.2) is 37.6 Å². The lowest BCUT2D eigenvalue weighted by atomic mass is 10.1. The Bertz CT molecular complexity index is 1180. The minimum atomic E-state index is -4.71. The van der Waals surface area contributed by atoms with Gasteiger partial charge in [-0.2, -0.15) is 18.2 Å². The molecular formula is C20H19F4N5O3. The number of fused-ring (bicyclic) bond motifs is 1. The number of hydrogen-bond acceptors (Lipinski definition) is 6. The second kappa shape index (κ2) is 8.89. The monoisotopic (exact) mass is 453 g/mol. The molecule has 32 heavy (non-hydrogen) atoms. The summed E-state index contributed by atoms with van der Waals surface area (Å²) in [7, 11) is 0. The van der Waals surface area contributed by atoms with E-state index in [1.807, 2.05) is 0 Å². The maximum absolute atomic E-state index is 13.6. The van der Waals surface area contributed by atoms with Crippen molar-refractivity contribution in [2.24, 2.45) is 0 Å². The molecule has 0 saturated heterocycles. The number of esters is 1. The number of aromatic nitrogens is 4. The number of rotatable bonds is 6. The maximum atomic E-state index is 13.6. The topological polar surface area (TPSA) is 98.5 Å². The number of ether oxygens (including phenoxy) is 1. The molecule has 3 aromatic rings. The van der Waals surface area contributed by atoms with Gasteiger partial charge in [-0.1, -0.05) is 12.1 Å². The fourth-order valence-corrected chi connectivity index (χ4v) is 3.02. The molecule has 3 rings (SSSR count). The van der Waals surface area contributed by atoms with Crippen LogP contribution in [0.25, 0.3) is 5.78 Å². The van der Waals surface area contributed by atoms with E-state index < -0.39 is 35.8 Å². The molecule has 170 valence electrons. The SMILES string of the molecule is Cc1nc2nc(C(F)(F)F)nn2c(C)c1CCC(=O)OC(C)C(=O)Nc1ccccc1F. The summed E-state index contributed by atoms with van der Waals surface area (Å²) in [6, 6.07) is 5.55. The van der Waals surface area contributed by atoms with Crippen molar-refractivity contribution in [2.45, 2.75) is 45.9 Å². The van der Waals surface area contributed by atoms with E-state index in [9.17, 15) is 27.2 Å². The predicted molar refractivity (Wildman–Crippen MR) is 104 cm³/mol. The average Bonchev–Trinajstić information content (AvgIpc) is 3.14. The van der Waals surface area contributed by atoms with Gasteiger partial charge in [0.15, 0.2) is 6.10 Å². The molecule has 0 aliphatic heterocycles. The van der Waals surface area contributed by atoms with E-state index >= 15 is 0 Å². The Morgan fingerprint density at radius 1 is 1.19 bits per heavy atom. The number of amides is 1. The molecule has 0 aliphatic carbocycles. The standard InChI is InChI=1S/C20H19F4N5O3/c1-10-13(11(2)29-19(25-10)27-18(28-29)20(22,23)24)8-9-16(30)32-12(3)17(31)26-15-7-5-4-6-14(15)21/h4-7,12H,8-9H2,1-3H3,(H,26,31). The fourth-order valence-electron chi connectivity index (χ4n) is 3.02. The van der Waals surface area contributed by atoms with E-state index in [1.165, 1.54) is 31.2 Å². The van der Waals surface area contributed by atoms with E-state index in [2.05, 4.69) is 20.4 Å². The highest BCUT2D eigenvalue weighted by Gasteiger charge is 2.37. The summed E-state index contributed by atoms with van der Waals surface area (Å²) in [6.07, 6.45) is -5.96. The number of aryl methyl sites for hydroxylation is 2. The van der Waals surface area contributed by atoms with Crippen LogP contribution in [0, 0.1) is 19.7 Å². The van der Waals surface area contributed by atoms with Crippen LogP contribution in [-0.2, 0) is 26.9 Å². The highest BCUT2D eigenvalue weighted by molar-refractivity contribution is 5.95. The van der Waals surface area contributed by atoms with Crippen LogP contribution in [0.15, 0.2) is 24.3 Å². The van der Waals surface area contributed by atoms with Gasteiger partial charge in [0.05, 0.1) is 5.69 Å². The van der Waals surface area contributed by atoms with Crippen molar-refractivity contribution in [2.75, 3.05) is 5.32 Å². The molecule has 1 unspecified atom stereocenters. The molecular weight excluding hydrogens is 434 g/mol. The van der Waals surface area contributed by atoms with Crippen molar-refractivity contribution in [1.82, 2.24) is 19.6 Å². The Hall–Kier alpha value is -3.57. The highest BCUT2D eigenvalue weighted by atomic mass is 19.4. The molecule has 0 fully saturated rings. The number of halogens is 4. The smallest absolute Gasteiger partial charge is 0.453 e. The van der Waals surface area contributed by atoms with Gasteiger partial charge in [-0.3, -0.25) is 9.59 Å². The summed E-state index contributed by atoms with van der Waals surface area (Å²) >= 11 is 0. The van der Waals surface area contributed by atoms with E-state index in [1.54, 1.807) is 13.8 Å². The van der Waals surface area contributed by atoms with Gasteiger partial charge in [-0.05, 0) is 44.9 Å². The zero-order valence-corrected chi connectivity index (χ0v) is 17.3. The lowest BCUT2D eigenvalue weighted by Crippen LogP contribution is -2.30. The van der Waals surface area contributed by atoms with Crippen molar-refractivity contribution in [3.63, 3.8) is 0 Å². The number of carbonyl (C=O) groups is 2. The number of alkyl halides is 3. The molecule has 1 amide bonds. The van der Waals surface area contributed by atoms with E-state index in [4.69, 9.17) is 4.74 Å². The largest absolute Gasteiger partial charge is 0.453 e. The molecule has 2 heterocycles. The van der Waals surface area contributed by atoms with E-state index in [0.29, 0.717) is 17.0 Å². The Kier molecular flexibility index (Phi) is 6.42. The summed E-state index contributed by atoms with van der Waals surface area (Å²) in [5.74, 6) is -3.55. The minimum absolute atomic E-state index is 0.0444. The van der Waals surface area contributed by atoms with Gasteiger partial charge in [0.2, 0.25) is 0 Å². The van der Waals surface area contributed by atoms with Gasteiger partial charge in [-0.15, -0.1) is 5.10 Å². The molecule has 2 aromatic heterocycles. The first-order chi connectivity index (χ1) is 15.0. The van der Waals surface area contributed by atoms with Gasteiger partial charge in [0.1, 0.15) is 5.82 Å². The molecule has 1 atom stereocenters. The number of para-hydroxylation sites is 1. The normalized spacial score (nSPS) is 12.6. The van der Waals surface area contributed by atoms with Crippen LogP contribution in [0.4, 0.5) is 23.2 Å². The van der Waals surface area contributed by atoms with E-state index in [-0.39, 0.29) is 24.3 Å². The van der Waals surface area contributed by atoms with Gasteiger partial charge in [-0.25, -0.2) is 13.9 Å². The average molecular weight is 453 g/mol. The van der Waals surface area contributed by atoms with E-state index in [0.717, 1.165) is 4.52 Å². The van der Waals surface area contributed by atoms with Crippen molar-refractivity contribution in [1.29, 1.82) is 0 Å². The Morgan fingerprint density at radius 3 is 2.53 bits per heavy atom. The zero-order valence-electron chi connectivity index (χ0n) is 17.3. The molecule has 12 heteroatoms. The minimum Gasteiger partial charge on any atom is -0.453 e. The summed E-state index contributed by atoms with van der Waals surface area (Å²) in [5.41, 5.74) is 1.22. The van der Waals surface area contributed by atoms with Crippen LogP contribution in [0.5, 0.6) is 0 Å². The number of nitrogens with zero attached hydrogens (tertiary/aromatic N) is 4. The first-order valence-electron chi connectivity index (χ1n) is 9.52. The van der Waals surface area contributed by atoms with Crippen LogP contribution in [0.2, 0.25) is 0 Å². The quantitative estimate of drug-likeness (QED) is 0.454. The van der Waals surface area contributed by atoms with Crippen molar-refractivity contribution >= 4 is 23.3 Å². The first-order valence-corrected chi connectivity index (χ1v) is 9.52. The van der Waals surface area contributed by atoms with Crippen molar-refractivity contribution in [3.8, 4) is 0 Å². The molecule has 0 radical (unpaired) electrons. The van der Waals surface area contributed by atoms with Crippen molar-refractivity contribution < 1.29 is 31.9 Å². The number of nitrogens with one attached hydrogen (secondary N) is 1. The van der Waals surface area contributed by atoms with Gasteiger partial charge in [0.25, 0.3) is 17.5 Å². The third kappa shape index (κ3) is 5.01. The highest BCUT2D eigenvalue weighted by Crippen LogP contribution is 2.27. The molecule has 0 bridgehead atoms. The molecule has 1 N–H and O–H groups in total. The first kappa shape index (κ1) is 23.1. The number of hydrogen-bond donors (Lipinski definition) is 1. The van der Waals surface area contributed by atoms with Crippen molar-refractivity contribution in [3.05, 3.63) is 52.9 Å². The maximum Gasteiger partial charge on any atom is 0.453 e. The van der Waals surface area contributed by atoms with Crippen LogP contribution in [0.3, 0.4) is 0 Å². The lowest BCUT2D eigenvalue weighted by molar-refractivity contribution is -0.153. The molecule has 0 spiro atoms. The Labute approximate surface area is 179 Å². The Morgan fingerprint density at radius 2 is 1.88 bits per heavy atom. The van der Waals surface area contributed by atoms with Crippen LogP contribution >= 0.6 is 0 Å². The summed E-state index contributed by atoms with van der Waals surface area (Å²) < 4.78 is 58.3. The third-order valence-electron chi connectivity index (χ3n) is 4.69. The third-order valence-corrected chi connectivity index (χ3v) is 4.69.